The number of nitrogens with one attached hydrogen (secondary N) is 2. The molecule has 0 spiro atoms. The third kappa shape index (κ3) is 4.48. The normalized spacial score (nSPS) is 10.7. The van der Waals surface area contributed by atoms with Gasteiger partial charge >= 0.3 is 6.03 Å². The van der Waals surface area contributed by atoms with Crippen molar-refractivity contribution >= 4 is 12.0 Å². The minimum Gasteiger partial charge on any atom is -0.497 e. The first-order chi connectivity index (χ1) is 11.5. The SMILES string of the molecule is COCCn1c(-c2cccc(OC)c2)cnc1NC(=O)NC(C)C. The van der Waals surface area contributed by atoms with Gasteiger partial charge in [0, 0.05) is 25.3 Å². The first-order valence-electron chi connectivity index (χ1n) is 7.81. The van der Waals surface area contributed by atoms with Crippen LogP contribution >= 0.6 is 0 Å². The predicted molar refractivity (Wildman–Crippen MR) is 93.4 cm³/mol. The minimum absolute atomic E-state index is 0.0465. The van der Waals surface area contributed by atoms with Crippen molar-refractivity contribution in [1.29, 1.82) is 0 Å². The second-order valence-electron chi connectivity index (χ2n) is 5.60. The average Bonchev–Trinajstić information content (AvgIpc) is 2.94. The van der Waals surface area contributed by atoms with E-state index >= 15 is 0 Å². The van der Waals surface area contributed by atoms with Crippen LogP contribution in [0.3, 0.4) is 0 Å². The van der Waals surface area contributed by atoms with Crippen molar-refractivity contribution in [3.8, 4) is 17.0 Å². The Kier molecular flexibility index (Phi) is 6.20. The third-order valence-electron chi connectivity index (χ3n) is 3.39. The quantitative estimate of drug-likeness (QED) is 0.817. The predicted octanol–water partition coefficient (Wildman–Crippen LogP) is 2.74. The van der Waals surface area contributed by atoms with E-state index in [2.05, 4.69) is 15.6 Å². The molecule has 0 aliphatic rings. The van der Waals surface area contributed by atoms with Crippen LogP contribution in [0.4, 0.5) is 10.7 Å². The molecule has 2 N–H and O–H groups in total. The molecular weight excluding hydrogens is 308 g/mol. The summed E-state index contributed by atoms with van der Waals surface area (Å²) >= 11 is 0. The molecule has 0 aliphatic carbocycles. The monoisotopic (exact) mass is 332 g/mol. The summed E-state index contributed by atoms with van der Waals surface area (Å²) in [7, 11) is 3.27. The molecule has 0 saturated carbocycles. The van der Waals surface area contributed by atoms with Crippen LogP contribution in [0.1, 0.15) is 13.8 Å². The van der Waals surface area contributed by atoms with Crippen LogP contribution < -0.4 is 15.4 Å². The first kappa shape index (κ1) is 17.8. The van der Waals surface area contributed by atoms with Gasteiger partial charge in [-0.2, -0.15) is 0 Å². The number of carbonyl (C=O) groups excluding carboxylic acids is 1. The second kappa shape index (κ2) is 8.35. The summed E-state index contributed by atoms with van der Waals surface area (Å²) in [5.41, 5.74) is 1.83. The Morgan fingerprint density at radius 2 is 2.12 bits per heavy atom. The topological polar surface area (TPSA) is 77.4 Å². The number of methoxy groups -OCH3 is 2. The molecule has 0 unspecified atom stereocenters. The van der Waals surface area contributed by atoms with Crippen LogP contribution in [0.15, 0.2) is 30.5 Å². The molecule has 1 heterocycles. The van der Waals surface area contributed by atoms with Crippen LogP contribution in [-0.4, -0.2) is 42.5 Å². The number of hydrogen-bond acceptors (Lipinski definition) is 4. The van der Waals surface area contributed by atoms with E-state index in [1.807, 2.05) is 42.7 Å². The van der Waals surface area contributed by atoms with Crippen molar-refractivity contribution in [3.63, 3.8) is 0 Å². The fraction of sp³-hybridized carbons (Fsp3) is 0.412. The minimum atomic E-state index is -0.286. The number of nitrogens with zero attached hydrogens (tertiary/aromatic N) is 2. The van der Waals surface area contributed by atoms with E-state index in [0.717, 1.165) is 17.0 Å². The number of imidazole rings is 1. The van der Waals surface area contributed by atoms with Crippen molar-refractivity contribution in [1.82, 2.24) is 14.9 Å². The number of anilines is 1. The molecule has 0 radical (unpaired) electrons. The highest BCUT2D eigenvalue weighted by Crippen LogP contribution is 2.26. The summed E-state index contributed by atoms with van der Waals surface area (Å²) < 4.78 is 12.4. The van der Waals surface area contributed by atoms with Crippen LogP contribution in [0.5, 0.6) is 5.75 Å². The molecule has 0 aliphatic heterocycles. The van der Waals surface area contributed by atoms with Crippen LogP contribution in [-0.2, 0) is 11.3 Å². The standard InChI is InChI=1S/C17H24N4O3/c1-12(2)19-17(22)20-16-18-11-15(21(16)8-9-23-3)13-6-5-7-14(10-13)24-4/h5-7,10-12H,8-9H2,1-4H3,(H2,18,19,20,22). The van der Waals surface area contributed by atoms with Crippen molar-refractivity contribution in [2.24, 2.45) is 0 Å². The Morgan fingerprint density at radius 3 is 2.79 bits per heavy atom. The number of urea groups is 1. The van der Waals surface area contributed by atoms with Gasteiger partial charge in [0.25, 0.3) is 0 Å². The fourth-order valence-electron chi connectivity index (χ4n) is 2.30. The first-order valence-corrected chi connectivity index (χ1v) is 7.81. The number of ether oxygens (including phenoxy) is 2. The maximum absolute atomic E-state index is 12.0. The van der Waals surface area contributed by atoms with Gasteiger partial charge in [0.05, 0.1) is 25.6 Å². The highest BCUT2D eigenvalue weighted by Gasteiger charge is 2.14. The molecule has 1 aromatic carbocycles. The Hall–Kier alpha value is -2.54. The van der Waals surface area contributed by atoms with Gasteiger partial charge in [-0.3, -0.25) is 5.32 Å². The van der Waals surface area contributed by atoms with Crippen LogP contribution in [0.25, 0.3) is 11.3 Å². The highest BCUT2D eigenvalue weighted by atomic mass is 16.5. The summed E-state index contributed by atoms with van der Waals surface area (Å²) in [4.78, 5) is 16.3. The lowest BCUT2D eigenvalue weighted by molar-refractivity contribution is 0.188. The third-order valence-corrected chi connectivity index (χ3v) is 3.39. The maximum atomic E-state index is 12.0. The summed E-state index contributed by atoms with van der Waals surface area (Å²) in [6, 6.07) is 7.46. The lowest BCUT2D eigenvalue weighted by Crippen LogP contribution is -2.35. The summed E-state index contributed by atoms with van der Waals surface area (Å²) in [5, 5.41) is 5.57. The lowest BCUT2D eigenvalue weighted by Gasteiger charge is -2.14. The Labute approximate surface area is 142 Å². The molecule has 24 heavy (non-hydrogen) atoms. The van der Waals surface area contributed by atoms with Gasteiger partial charge in [-0.05, 0) is 26.0 Å². The molecule has 7 nitrogen and oxygen atoms in total. The van der Waals surface area contributed by atoms with Crippen molar-refractivity contribution in [3.05, 3.63) is 30.5 Å². The number of aromatic nitrogens is 2. The van der Waals surface area contributed by atoms with E-state index in [9.17, 15) is 4.79 Å². The number of rotatable bonds is 7. The zero-order valence-corrected chi connectivity index (χ0v) is 14.5. The average molecular weight is 332 g/mol. The van der Waals surface area contributed by atoms with Gasteiger partial charge in [0.2, 0.25) is 5.95 Å². The van der Waals surface area contributed by atoms with E-state index in [4.69, 9.17) is 9.47 Å². The zero-order valence-electron chi connectivity index (χ0n) is 14.5. The van der Waals surface area contributed by atoms with Crippen molar-refractivity contribution in [2.45, 2.75) is 26.4 Å². The molecule has 130 valence electrons. The van der Waals surface area contributed by atoms with Gasteiger partial charge < -0.3 is 19.4 Å². The number of amides is 2. The molecule has 1 aromatic heterocycles. The molecule has 2 rings (SSSR count). The molecule has 2 amide bonds. The summed E-state index contributed by atoms with van der Waals surface area (Å²) in [6.45, 7) is 4.88. The number of benzene rings is 1. The van der Waals surface area contributed by atoms with Crippen molar-refractivity contribution in [2.75, 3.05) is 26.1 Å². The van der Waals surface area contributed by atoms with Gasteiger partial charge in [0.15, 0.2) is 0 Å². The number of hydrogen-bond donors (Lipinski definition) is 2. The van der Waals surface area contributed by atoms with E-state index in [1.54, 1.807) is 20.4 Å². The Balaban J connectivity index is 2.32. The molecule has 0 atom stereocenters. The molecule has 0 saturated heterocycles. The second-order valence-corrected chi connectivity index (χ2v) is 5.60. The largest absolute Gasteiger partial charge is 0.497 e. The molecule has 0 fully saturated rings. The molecule has 2 aromatic rings. The summed E-state index contributed by atoms with van der Waals surface area (Å²) in [6.07, 6.45) is 1.73. The van der Waals surface area contributed by atoms with E-state index in [-0.39, 0.29) is 12.1 Å². The smallest absolute Gasteiger partial charge is 0.321 e. The number of carbonyl (C=O) groups is 1. The van der Waals surface area contributed by atoms with E-state index in [0.29, 0.717) is 19.1 Å². The fourth-order valence-corrected chi connectivity index (χ4v) is 2.30. The van der Waals surface area contributed by atoms with Crippen LogP contribution in [0.2, 0.25) is 0 Å². The Bertz CT molecular complexity index is 682. The summed E-state index contributed by atoms with van der Waals surface area (Å²) in [5.74, 6) is 1.24. The lowest BCUT2D eigenvalue weighted by atomic mass is 10.1. The Morgan fingerprint density at radius 1 is 1.33 bits per heavy atom. The highest BCUT2D eigenvalue weighted by molar-refractivity contribution is 5.88. The van der Waals surface area contributed by atoms with E-state index < -0.39 is 0 Å². The van der Waals surface area contributed by atoms with Crippen LogP contribution in [0, 0.1) is 0 Å². The van der Waals surface area contributed by atoms with Gasteiger partial charge in [-0.25, -0.2) is 9.78 Å². The van der Waals surface area contributed by atoms with Gasteiger partial charge in [-0.15, -0.1) is 0 Å². The molecular formula is C17H24N4O3. The van der Waals surface area contributed by atoms with Crippen molar-refractivity contribution < 1.29 is 14.3 Å². The zero-order chi connectivity index (χ0) is 17.5. The van der Waals surface area contributed by atoms with Gasteiger partial charge in [-0.1, -0.05) is 12.1 Å². The molecule has 0 bridgehead atoms. The van der Waals surface area contributed by atoms with E-state index in [1.165, 1.54) is 0 Å². The maximum Gasteiger partial charge on any atom is 0.321 e. The molecule has 7 heteroatoms. The van der Waals surface area contributed by atoms with Gasteiger partial charge in [0.1, 0.15) is 5.75 Å².